The predicted octanol–water partition coefficient (Wildman–Crippen LogP) is 3.00. The number of pyridine rings is 1. The van der Waals surface area contributed by atoms with Crippen molar-refractivity contribution in [3.05, 3.63) is 84.0 Å². The number of aromatic nitrogens is 3. The Kier molecular flexibility index (Phi) is 7.12. The third-order valence-corrected chi connectivity index (χ3v) is 4.48. The number of H-pyrrole nitrogens is 1. The second kappa shape index (κ2) is 10.2. The molecule has 2 heterocycles. The van der Waals surface area contributed by atoms with Gasteiger partial charge in [-0.3, -0.25) is 9.98 Å². The van der Waals surface area contributed by atoms with Crippen LogP contribution in [-0.2, 0) is 6.42 Å². The maximum Gasteiger partial charge on any atom is 0.188 e. The Labute approximate surface area is 164 Å². The monoisotopic (exact) mass is 380 g/mol. The van der Waals surface area contributed by atoms with Gasteiger partial charge in [0.25, 0.3) is 0 Å². The van der Waals surface area contributed by atoms with E-state index in [1.807, 2.05) is 30.5 Å². The Balaban J connectivity index is 1.52. The molecule has 3 aromatic rings. The van der Waals surface area contributed by atoms with Crippen LogP contribution in [0, 0.1) is 5.82 Å². The zero-order valence-corrected chi connectivity index (χ0v) is 15.7. The predicted molar refractivity (Wildman–Crippen MR) is 108 cm³/mol. The van der Waals surface area contributed by atoms with E-state index in [2.05, 4.69) is 25.3 Å². The third-order valence-electron chi connectivity index (χ3n) is 4.48. The van der Waals surface area contributed by atoms with Crippen molar-refractivity contribution >= 4 is 5.96 Å². The van der Waals surface area contributed by atoms with Crippen molar-refractivity contribution < 1.29 is 4.39 Å². The molecule has 6 nitrogen and oxygen atoms in total. The lowest BCUT2D eigenvalue weighted by atomic mass is 9.92. The minimum atomic E-state index is -0.246. The van der Waals surface area contributed by atoms with Gasteiger partial charge in [0, 0.05) is 42.8 Å². The fourth-order valence-electron chi connectivity index (χ4n) is 3.08. The molecule has 1 unspecified atom stereocenters. The van der Waals surface area contributed by atoms with Crippen molar-refractivity contribution in [3.8, 4) is 0 Å². The zero-order chi connectivity index (χ0) is 19.6. The summed E-state index contributed by atoms with van der Waals surface area (Å²) >= 11 is 0. The van der Waals surface area contributed by atoms with E-state index in [1.54, 1.807) is 24.7 Å². The molecule has 28 heavy (non-hydrogen) atoms. The van der Waals surface area contributed by atoms with Crippen LogP contribution in [-0.4, -0.2) is 34.0 Å². The van der Waals surface area contributed by atoms with Gasteiger partial charge in [0.1, 0.15) is 5.82 Å². The second-order valence-corrected chi connectivity index (χ2v) is 6.53. The van der Waals surface area contributed by atoms with Crippen LogP contribution in [0.2, 0.25) is 0 Å². The summed E-state index contributed by atoms with van der Waals surface area (Å²) in [6.07, 6.45) is 7.75. The summed E-state index contributed by atoms with van der Waals surface area (Å²) in [6, 6.07) is 12.4. The molecule has 2 aromatic heterocycles. The second-order valence-electron chi connectivity index (χ2n) is 6.53. The van der Waals surface area contributed by atoms with Crippen molar-refractivity contribution in [2.45, 2.75) is 25.2 Å². The Bertz CT molecular complexity index is 864. The molecular formula is C21H25FN6. The van der Waals surface area contributed by atoms with Crippen molar-refractivity contribution in [2.75, 3.05) is 13.1 Å². The number of aromatic amines is 1. The maximum absolute atomic E-state index is 13.7. The minimum Gasteiger partial charge on any atom is -0.370 e. The molecule has 0 aliphatic carbocycles. The van der Waals surface area contributed by atoms with Crippen LogP contribution in [0.15, 0.2) is 66.2 Å². The van der Waals surface area contributed by atoms with Gasteiger partial charge in [-0.05, 0) is 49.1 Å². The SMILES string of the molecule is NC(=NCCCc1cnc[nH]1)NCCC(c1cccc(F)c1)c1ccccn1. The van der Waals surface area contributed by atoms with Gasteiger partial charge in [0.05, 0.1) is 6.33 Å². The first-order chi connectivity index (χ1) is 13.7. The van der Waals surface area contributed by atoms with Gasteiger partial charge in [-0.25, -0.2) is 9.37 Å². The summed E-state index contributed by atoms with van der Waals surface area (Å²) in [4.78, 5) is 15.9. The van der Waals surface area contributed by atoms with Crippen LogP contribution in [0.1, 0.15) is 35.7 Å². The first-order valence-electron chi connectivity index (χ1n) is 9.40. The van der Waals surface area contributed by atoms with Crippen molar-refractivity contribution in [3.63, 3.8) is 0 Å². The molecule has 0 spiro atoms. The summed E-state index contributed by atoms with van der Waals surface area (Å²) in [6.45, 7) is 1.26. The molecule has 1 aromatic carbocycles. The van der Waals surface area contributed by atoms with Crippen LogP contribution < -0.4 is 11.1 Å². The zero-order valence-electron chi connectivity index (χ0n) is 15.7. The summed E-state index contributed by atoms with van der Waals surface area (Å²) in [5, 5.41) is 3.15. The molecular weight excluding hydrogens is 355 g/mol. The van der Waals surface area contributed by atoms with Gasteiger partial charge >= 0.3 is 0 Å². The summed E-state index contributed by atoms with van der Waals surface area (Å²) in [7, 11) is 0. The molecule has 0 bridgehead atoms. The number of hydrogen-bond acceptors (Lipinski definition) is 3. The highest BCUT2D eigenvalue weighted by atomic mass is 19.1. The fraction of sp³-hybridized carbons (Fsp3) is 0.286. The molecule has 0 saturated carbocycles. The van der Waals surface area contributed by atoms with Crippen LogP contribution in [0.3, 0.4) is 0 Å². The number of guanidine groups is 1. The van der Waals surface area contributed by atoms with E-state index in [-0.39, 0.29) is 11.7 Å². The highest BCUT2D eigenvalue weighted by Crippen LogP contribution is 2.26. The van der Waals surface area contributed by atoms with Gasteiger partial charge < -0.3 is 16.0 Å². The standard InChI is InChI=1S/C21H25FN6/c22-17-6-3-5-16(13-17)19(20-8-1-2-10-25-20)9-12-27-21(23)26-11-4-7-18-14-24-15-28-18/h1-3,5-6,8,10,13-15,19H,4,7,9,11-12H2,(H,24,28)(H3,23,26,27). The Morgan fingerprint density at radius 2 is 2.18 bits per heavy atom. The first-order valence-corrected chi connectivity index (χ1v) is 9.40. The van der Waals surface area contributed by atoms with Crippen molar-refractivity contribution in [1.82, 2.24) is 20.3 Å². The molecule has 146 valence electrons. The average molecular weight is 380 g/mol. The minimum absolute atomic E-state index is 0.0161. The normalized spacial score (nSPS) is 12.7. The molecule has 0 aliphatic rings. The Hall–Kier alpha value is -3.22. The number of nitrogens with zero attached hydrogens (tertiary/aromatic N) is 3. The van der Waals surface area contributed by atoms with E-state index in [0.29, 0.717) is 19.0 Å². The Morgan fingerprint density at radius 1 is 1.25 bits per heavy atom. The molecule has 0 amide bonds. The largest absolute Gasteiger partial charge is 0.370 e. The number of halogens is 1. The van der Waals surface area contributed by atoms with Gasteiger partial charge in [-0.15, -0.1) is 0 Å². The maximum atomic E-state index is 13.7. The number of aryl methyl sites for hydroxylation is 1. The molecule has 4 N–H and O–H groups in total. The van der Waals surface area contributed by atoms with Gasteiger partial charge in [-0.2, -0.15) is 0 Å². The number of rotatable bonds is 9. The quantitative estimate of drug-likeness (QED) is 0.302. The number of benzene rings is 1. The molecule has 0 saturated heterocycles. The van der Waals surface area contributed by atoms with Crippen LogP contribution in [0.4, 0.5) is 4.39 Å². The molecule has 1 atom stereocenters. The lowest BCUT2D eigenvalue weighted by Crippen LogP contribution is -2.33. The summed E-state index contributed by atoms with van der Waals surface area (Å²) < 4.78 is 13.7. The number of imidazole rings is 1. The molecule has 3 rings (SSSR count). The van der Waals surface area contributed by atoms with Gasteiger partial charge in [0.15, 0.2) is 5.96 Å². The lowest BCUT2D eigenvalue weighted by molar-refractivity contribution is 0.616. The van der Waals surface area contributed by atoms with Crippen LogP contribution >= 0.6 is 0 Å². The average Bonchev–Trinajstić information content (AvgIpc) is 3.23. The smallest absolute Gasteiger partial charge is 0.188 e. The Morgan fingerprint density at radius 3 is 2.93 bits per heavy atom. The van der Waals surface area contributed by atoms with E-state index in [4.69, 9.17) is 5.73 Å². The highest BCUT2D eigenvalue weighted by Gasteiger charge is 2.15. The van der Waals surface area contributed by atoms with E-state index >= 15 is 0 Å². The van der Waals surface area contributed by atoms with Gasteiger partial charge in [-0.1, -0.05) is 18.2 Å². The van der Waals surface area contributed by atoms with Crippen molar-refractivity contribution in [2.24, 2.45) is 10.7 Å². The number of hydrogen-bond donors (Lipinski definition) is 3. The summed E-state index contributed by atoms with van der Waals surface area (Å²) in [5.41, 5.74) is 8.86. The van der Waals surface area contributed by atoms with Crippen LogP contribution in [0.25, 0.3) is 0 Å². The molecule has 0 radical (unpaired) electrons. The first kappa shape index (κ1) is 19.5. The van der Waals surface area contributed by atoms with E-state index in [0.717, 1.165) is 36.2 Å². The molecule has 0 aliphatic heterocycles. The molecule has 7 heteroatoms. The summed E-state index contributed by atoms with van der Waals surface area (Å²) in [5.74, 6) is 0.158. The molecule has 0 fully saturated rings. The number of nitrogens with one attached hydrogen (secondary N) is 2. The lowest BCUT2D eigenvalue weighted by Gasteiger charge is -2.17. The van der Waals surface area contributed by atoms with Crippen molar-refractivity contribution in [1.29, 1.82) is 0 Å². The third kappa shape index (κ3) is 5.90. The number of aliphatic imine (C=N–C) groups is 1. The van der Waals surface area contributed by atoms with Gasteiger partial charge in [0.2, 0.25) is 0 Å². The van der Waals surface area contributed by atoms with E-state index < -0.39 is 0 Å². The topological polar surface area (TPSA) is 92.0 Å². The van der Waals surface area contributed by atoms with E-state index in [9.17, 15) is 4.39 Å². The van der Waals surface area contributed by atoms with E-state index in [1.165, 1.54) is 6.07 Å². The number of nitrogens with two attached hydrogens (primary N) is 1. The fourth-order valence-corrected chi connectivity index (χ4v) is 3.08. The highest BCUT2D eigenvalue weighted by molar-refractivity contribution is 5.77. The van der Waals surface area contributed by atoms with Crippen LogP contribution in [0.5, 0.6) is 0 Å².